The molecule has 0 N–H and O–H groups in total. The van der Waals surface area contributed by atoms with E-state index in [1.54, 1.807) is 23.0 Å². The average Bonchev–Trinajstić information content (AvgIpc) is 3.24. The van der Waals surface area contributed by atoms with Crippen molar-refractivity contribution < 1.29 is 17.9 Å². The zero-order valence-electron chi connectivity index (χ0n) is 19.7. The Morgan fingerprint density at radius 1 is 1.06 bits per heavy atom. The van der Waals surface area contributed by atoms with Crippen molar-refractivity contribution >= 4 is 27.6 Å². The van der Waals surface area contributed by atoms with Gasteiger partial charge in [-0.1, -0.05) is 58.8 Å². The fourth-order valence-corrected chi connectivity index (χ4v) is 5.76. The second-order valence-corrected chi connectivity index (χ2v) is 11.1. The number of aryl methyl sites for hydroxylation is 1. The number of hydrogen-bond donors (Lipinski definition) is 0. The van der Waals surface area contributed by atoms with Crippen LogP contribution in [0.2, 0.25) is 5.02 Å². The molecule has 35 heavy (non-hydrogen) atoms. The van der Waals surface area contributed by atoms with Gasteiger partial charge in [-0.15, -0.1) is 5.10 Å². The maximum atomic E-state index is 13.2. The maximum absolute atomic E-state index is 13.2. The van der Waals surface area contributed by atoms with Crippen LogP contribution >= 0.6 is 11.6 Å². The first-order chi connectivity index (χ1) is 16.7. The van der Waals surface area contributed by atoms with Crippen molar-refractivity contribution in [2.75, 3.05) is 26.0 Å². The second kappa shape index (κ2) is 10.9. The van der Waals surface area contributed by atoms with Gasteiger partial charge in [0.05, 0.1) is 37.8 Å². The molecule has 1 fully saturated rings. The van der Waals surface area contributed by atoms with Gasteiger partial charge in [-0.05, 0) is 30.2 Å². The van der Waals surface area contributed by atoms with Gasteiger partial charge in [-0.2, -0.15) is 4.31 Å². The predicted molar refractivity (Wildman–Crippen MR) is 132 cm³/mol. The maximum Gasteiger partial charge on any atom is 0.325 e. The van der Waals surface area contributed by atoms with E-state index in [1.807, 2.05) is 48.2 Å². The molecule has 0 amide bonds. The minimum atomic E-state index is -3.75. The Morgan fingerprint density at radius 3 is 2.40 bits per heavy atom. The highest BCUT2D eigenvalue weighted by atomic mass is 35.5. The SMILES string of the molecule is COC(=O)C1CN(Cc2ccc(C)cc2)CCS(=O)(=O)N1Cc1cn(Cc2ccc(Cl)cc2)nn1. The smallest absolute Gasteiger partial charge is 0.325 e. The molecule has 0 aliphatic carbocycles. The molecule has 1 aliphatic rings. The predicted octanol–water partition coefficient (Wildman–Crippen LogP) is 2.48. The van der Waals surface area contributed by atoms with Crippen LogP contribution in [0.25, 0.3) is 0 Å². The minimum Gasteiger partial charge on any atom is -0.468 e. The first-order valence-corrected chi connectivity index (χ1v) is 13.2. The summed E-state index contributed by atoms with van der Waals surface area (Å²) >= 11 is 5.94. The summed E-state index contributed by atoms with van der Waals surface area (Å²) in [5, 5.41) is 8.92. The van der Waals surface area contributed by atoms with Crippen molar-refractivity contribution in [1.29, 1.82) is 0 Å². The zero-order chi connectivity index (χ0) is 25.0. The van der Waals surface area contributed by atoms with Crippen LogP contribution in [0, 0.1) is 6.92 Å². The number of aromatic nitrogens is 3. The molecule has 3 aromatic rings. The van der Waals surface area contributed by atoms with Gasteiger partial charge in [-0.25, -0.2) is 13.1 Å². The Morgan fingerprint density at radius 2 is 1.71 bits per heavy atom. The molecule has 9 nitrogen and oxygen atoms in total. The summed E-state index contributed by atoms with van der Waals surface area (Å²) in [5.41, 5.74) is 3.63. The average molecular weight is 518 g/mol. The monoisotopic (exact) mass is 517 g/mol. The lowest BCUT2D eigenvalue weighted by Crippen LogP contribution is -2.48. The number of sulfonamides is 1. The second-order valence-electron chi connectivity index (χ2n) is 8.65. The van der Waals surface area contributed by atoms with Crippen LogP contribution in [-0.4, -0.2) is 70.6 Å². The normalized spacial score (nSPS) is 18.8. The minimum absolute atomic E-state index is 0.0684. The van der Waals surface area contributed by atoms with Crippen LogP contribution in [0.15, 0.2) is 54.7 Å². The summed E-state index contributed by atoms with van der Waals surface area (Å²) in [5.74, 6) is -0.705. The summed E-state index contributed by atoms with van der Waals surface area (Å²) in [6.45, 7) is 3.47. The van der Waals surface area contributed by atoms with E-state index in [0.29, 0.717) is 30.4 Å². The third-order valence-corrected chi connectivity index (χ3v) is 8.01. The lowest BCUT2D eigenvalue weighted by molar-refractivity contribution is -0.145. The van der Waals surface area contributed by atoms with Gasteiger partial charge in [-0.3, -0.25) is 9.69 Å². The van der Waals surface area contributed by atoms with Crippen molar-refractivity contribution in [3.05, 3.63) is 82.1 Å². The summed E-state index contributed by atoms with van der Waals surface area (Å²) in [4.78, 5) is 14.7. The van der Waals surface area contributed by atoms with E-state index in [0.717, 1.165) is 16.7 Å². The molecule has 2 aromatic carbocycles. The third-order valence-electron chi connectivity index (χ3n) is 5.96. The molecule has 1 unspecified atom stereocenters. The van der Waals surface area contributed by atoms with Crippen LogP contribution in [-0.2, 0) is 39.2 Å². The van der Waals surface area contributed by atoms with Crippen molar-refractivity contribution in [2.24, 2.45) is 0 Å². The van der Waals surface area contributed by atoms with Crippen molar-refractivity contribution in [1.82, 2.24) is 24.2 Å². The first kappa shape index (κ1) is 25.3. The van der Waals surface area contributed by atoms with Gasteiger partial charge < -0.3 is 4.74 Å². The number of benzene rings is 2. The summed E-state index contributed by atoms with van der Waals surface area (Å²) in [7, 11) is -2.48. The van der Waals surface area contributed by atoms with E-state index < -0.39 is 22.0 Å². The van der Waals surface area contributed by atoms with E-state index in [9.17, 15) is 13.2 Å². The van der Waals surface area contributed by atoms with Crippen LogP contribution in [0.1, 0.15) is 22.4 Å². The molecule has 0 radical (unpaired) electrons. The number of methoxy groups -OCH3 is 1. The lowest BCUT2D eigenvalue weighted by atomic mass is 10.1. The Hall–Kier alpha value is -2.79. The number of carbonyl (C=O) groups is 1. The van der Waals surface area contributed by atoms with E-state index >= 15 is 0 Å². The van der Waals surface area contributed by atoms with Crippen molar-refractivity contribution in [3.8, 4) is 0 Å². The Bertz CT molecular complexity index is 1260. The van der Waals surface area contributed by atoms with Gasteiger partial charge in [0, 0.05) is 24.7 Å². The molecule has 1 aromatic heterocycles. The first-order valence-electron chi connectivity index (χ1n) is 11.2. The standard InChI is InChI=1S/C24H28ClN5O4S/c1-18-3-5-19(6-4-18)13-28-11-12-35(32,33)30(23(17-28)24(31)34-2)16-22-15-29(27-26-22)14-20-7-9-21(25)10-8-20/h3-10,15,23H,11-14,16-17H2,1-2H3. The van der Waals surface area contributed by atoms with E-state index in [1.165, 1.54) is 11.4 Å². The van der Waals surface area contributed by atoms with E-state index in [-0.39, 0.29) is 18.8 Å². The highest BCUT2D eigenvalue weighted by Crippen LogP contribution is 2.21. The number of esters is 1. The molecule has 2 heterocycles. The Kier molecular flexibility index (Phi) is 7.85. The summed E-state index contributed by atoms with van der Waals surface area (Å²) in [6.07, 6.45) is 1.69. The highest BCUT2D eigenvalue weighted by Gasteiger charge is 2.40. The Balaban J connectivity index is 1.53. The van der Waals surface area contributed by atoms with Crippen molar-refractivity contribution in [3.63, 3.8) is 0 Å². The fraction of sp³-hybridized carbons (Fsp3) is 0.375. The van der Waals surface area contributed by atoms with Gasteiger partial charge in [0.2, 0.25) is 10.0 Å². The molecule has 1 atom stereocenters. The number of hydrogen-bond acceptors (Lipinski definition) is 7. The van der Waals surface area contributed by atoms with Crippen molar-refractivity contribution in [2.45, 2.75) is 32.6 Å². The molecule has 0 spiro atoms. The zero-order valence-corrected chi connectivity index (χ0v) is 21.2. The van der Waals surface area contributed by atoms with Gasteiger partial charge in [0.15, 0.2) is 0 Å². The van der Waals surface area contributed by atoms with Gasteiger partial charge in [0.25, 0.3) is 0 Å². The van der Waals surface area contributed by atoms with Crippen LogP contribution in [0.3, 0.4) is 0 Å². The molecule has 1 saturated heterocycles. The quantitative estimate of drug-likeness (QED) is 0.444. The molecule has 1 aliphatic heterocycles. The number of ether oxygens (including phenoxy) is 1. The molecule has 0 bridgehead atoms. The number of rotatable bonds is 7. The van der Waals surface area contributed by atoms with Crippen LogP contribution in [0.4, 0.5) is 0 Å². The highest BCUT2D eigenvalue weighted by molar-refractivity contribution is 7.89. The summed E-state index contributed by atoms with van der Waals surface area (Å²) in [6, 6.07) is 14.4. The van der Waals surface area contributed by atoms with Gasteiger partial charge >= 0.3 is 5.97 Å². The molecule has 186 valence electrons. The third kappa shape index (κ3) is 6.46. The van der Waals surface area contributed by atoms with Gasteiger partial charge in [0.1, 0.15) is 6.04 Å². The number of nitrogens with zero attached hydrogens (tertiary/aromatic N) is 5. The molecule has 0 saturated carbocycles. The molecular weight excluding hydrogens is 490 g/mol. The Labute approximate surface area is 210 Å². The molecule has 11 heteroatoms. The summed E-state index contributed by atoms with van der Waals surface area (Å²) < 4.78 is 34.3. The molecule has 4 rings (SSSR count). The van der Waals surface area contributed by atoms with Crippen LogP contribution < -0.4 is 0 Å². The van der Waals surface area contributed by atoms with E-state index in [4.69, 9.17) is 16.3 Å². The molecular formula is C24H28ClN5O4S. The number of carbonyl (C=O) groups excluding carboxylic acids is 1. The largest absolute Gasteiger partial charge is 0.468 e. The van der Waals surface area contributed by atoms with E-state index in [2.05, 4.69) is 10.3 Å². The number of halogens is 1. The van der Waals surface area contributed by atoms with Crippen LogP contribution in [0.5, 0.6) is 0 Å². The topological polar surface area (TPSA) is 97.6 Å². The fourth-order valence-electron chi connectivity index (χ4n) is 4.04. The lowest BCUT2D eigenvalue weighted by Gasteiger charge is -2.28.